The summed E-state index contributed by atoms with van der Waals surface area (Å²) in [5, 5.41) is 12.8. The van der Waals surface area contributed by atoms with Crippen molar-refractivity contribution in [2.45, 2.75) is 45.7 Å². The van der Waals surface area contributed by atoms with Crippen molar-refractivity contribution >= 4 is 54.3 Å². The molecule has 0 radical (unpaired) electrons. The van der Waals surface area contributed by atoms with Crippen LogP contribution in [0.25, 0.3) is 22.4 Å². The molecule has 0 fully saturated rings. The Kier molecular flexibility index (Phi) is 11.7. The summed E-state index contributed by atoms with van der Waals surface area (Å²) in [6.45, 7) is 6.27. The monoisotopic (exact) mass is 524 g/mol. The topological polar surface area (TPSA) is 88.8 Å². The maximum atomic E-state index is 9.59. The van der Waals surface area contributed by atoms with Crippen LogP contribution < -0.4 is 5.32 Å². The molecule has 0 saturated carbocycles. The van der Waals surface area contributed by atoms with E-state index in [9.17, 15) is 5.11 Å². The van der Waals surface area contributed by atoms with E-state index in [0.29, 0.717) is 12.4 Å². The molecule has 7 nitrogen and oxygen atoms in total. The van der Waals surface area contributed by atoms with Crippen LogP contribution in [-0.4, -0.2) is 42.3 Å². The first-order valence-corrected chi connectivity index (χ1v) is 10.7. The van der Waals surface area contributed by atoms with Gasteiger partial charge < -0.3 is 15.0 Å². The predicted octanol–water partition coefficient (Wildman–Crippen LogP) is 5.51. The van der Waals surface area contributed by atoms with Crippen molar-refractivity contribution in [1.82, 2.24) is 24.5 Å². The van der Waals surface area contributed by atoms with Crippen molar-refractivity contribution in [1.29, 1.82) is 0 Å². The van der Waals surface area contributed by atoms with Gasteiger partial charge in [0.1, 0.15) is 5.52 Å². The van der Waals surface area contributed by atoms with Crippen LogP contribution in [0.5, 0.6) is 0 Å². The lowest BCUT2D eigenvalue weighted by Gasteiger charge is -2.16. The Morgan fingerprint density at radius 1 is 0.971 bits per heavy atom. The molecule has 1 aromatic carbocycles. The number of aliphatic hydroxyl groups is 1. The minimum absolute atomic E-state index is 0. The highest BCUT2D eigenvalue weighted by atomic mass is 35.5. The number of imidazole rings is 1. The van der Waals surface area contributed by atoms with Crippen LogP contribution in [0, 0.1) is 0 Å². The van der Waals surface area contributed by atoms with E-state index < -0.39 is 0 Å². The van der Waals surface area contributed by atoms with E-state index in [2.05, 4.69) is 58.0 Å². The van der Waals surface area contributed by atoms with Crippen LogP contribution in [0.4, 0.5) is 5.95 Å². The summed E-state index contributed by atoms with van der Waals surface area (Å²) < 4.78 is 2.05. The predicted molar refractivity (Wildman–Crippen MR) is 145 cm³/mol. The smallest absolute Gasteiger partial charge is 0.225 e. The first-order chi connectivity index (χ1) is 15.1. The molecule has 0 aliphatic carbocycles. The fourth-order valence-electron chi connectivity index (χ4n) is 3.52. The van der Waals surface area contributed by atoms with Crippen LogP contribution in [-0.2, 0) is 6.42 Å². The second kappa shape index (κ2) is 13.4. The van der Waals surface area contributed by atoms with E-state index in [-0.39, 0.29) is 55.9 Å². The Hall–Kier alpha value is -2.45. The zero-order chi connectivity index (χ0) is 21.8. The maximum Gasteiger partial charge on any atom is 0.225 e. The number of hydrogen-bond donors (Lipinski definition) is 2. The Balaban J connectivity index is 0.00000193. The van der Waals surface area contributed by atoms with Gasteiger partial charge in [-0.1, -0.05) is 37.3 Å². The highest BCUT2D eigenvalue weighted by Gasteiger charge is 2.17. The van der Waals surface area contributed by atoms with Gasteiger partial charge >= 0.3 is 0 Å². The largest absolute Gasteiger partial charge is 0.394 e. The summed E-state index contributed by atoms with van der Waals surface area (Å²) in [6.07, 6.45) is 5.05. The number of halogens is 3. The van der Waals surface area contributed by atoms with Gasteiger partial charge in [-0.05, 0) is 38.0 Å². The van der Waals surface area contributed by atoms with Gasteiger partial charge in [0.2, 0.25) is 5.95 Å². The molecule has 0 saturated heterocycles. The van der Waals surface area contributed by atoms with Gasteiger partial charge in [-0.25, -0.2) is 9.97 Å². The molecule has 34 heavy (non-hydrogen) atoms. The summed E-state index contributed by atoms with van der Waals surface area (Å²) in [5.41, 5.74) is 5.65. The number of nitrogens with one attached hydrogen (secondary N) is 1. The van der Waals surface area contributed by atoms with Crippen LogP contribution in [0.2, 0.25) is 0 Å². The molecule has 4 aromatic rings. The van der Waals surface area contributed by atoms with E-state index in [1.54, 1.807) is 6.20 Å². The number of pyridine rings is 1. The van der Waals surface area contributed by atoms with E-state index in [1.165, 1.54) is 0 Å². The van der Waals surface area contributed by atoms with Crippen LogP contribution >= 0.6 is 37.2 Å². The number of fused-ring (bicyclic) bond motifs is 1. The van der Waals surface area contributed by atoms with Crippen molar-refractivity contribution < 1.29 is 5.11 Å². The summed E-state index contributed by atoms with van der Waals surface area (Å²) in [6, 6.07) is 14.4. The number of rotatable bonds is 8. The van der Waals surface area contributed by atoms with Gasteiger partial charge in [-0.15, -0.1) is 37.2 Å². The molecule has 1 atom stereocenters. The molecule has 3 heterocycles. The quantitative estimate of drug-likeness (QED) is 0.315. The minimum atomic E-state index is -0.0848. The standard InChI is InChI=1S/C24H28N6O.3ClH/c1-4-19(14-31)27-24-28-21(22-23(29-24)30(15-26-22)16(2)3)13-17-8-10-18(11-9-17)20-7-5-6-12-25-20;;;/h5-12,15-16,19,31H,4,13-14H2,1-3H3,(H,27,28,29);3*1H/t19-;;;/m1.../s1. The summed E-state index contributed by atoms with van der Waals surface area (Å²) in [5.74, 6) is 0.524. The summed E-state index contributed by atoms with van der Waals surface area (Å²) in [4.78, 5) is 18.5. The Labute approximate surface area is 218 Å². The first kappa shape index (κ1) is 29.6. The van der Waals surface area contributed by atoms with E-state index in [4.69, 9.17) is 9.97 Å². The Morgan fingerprint density at radius 3 is 2.29 bits per heavy atom. The van der Waals surface area contributed by atoms with Gasteiger partial charge in [-0.2, -0.15) is 4.98 Å². The second-order valence-corrected chi connectivity index (χ2v) is 7.93. The highest BCUT2D eigenvalue weighted by molar-refractivity contribution is 5.86. The Morgan fingerprint density at radius 2 is 1.71 bits per heavy atom. The molecule has 0 amide bonds. The third-order valence-corrected chi connectivity index (χ3v) is 5.38. The van der Waals surface area contributed by atoms with Gasteiger partial charge in [-0.3, -0.25) is 4.98 Å². The lowest BCUT2D eigenvalue weighted by Crippen LogP contribution is -2.24. The zero-order valence-corrected chi connectivity index (χ0v) is 21.8. The summed E-state index contributed by atoms with van der Waals surface area (Å²) in [7, 11) is 0. The normalized spacial score (nSPS) is 11.3. The fraction of sp³-hybridized carbons (Fsp3) is 0.333. The van der Waals surface area contributed by atoms with Crippen LogP contribution in [0.1, 0.15) is 44.5 Å². The summed E-state index contributed by atoms with van der Waals surface area (Å²) >= 11 is 0. The number of nitrogens with zero attached hydrogens (tertiary/aromatic N) is 5. The van der Waals surface area contributed by atoms with E-state index in [1.807, 2.05) is 31.5 Å². The average molecular weight is 526 g/mol. The Bertz CT molecular complexity index is 1150. The van der Waals surface area contributed by atoms with E-state index in [0.717, 1.165) is 40.1 Å². The maximum absolute atomic E-state index is 9.59. The molecule has 0 aliphatic rings. The zero-order valence-electron chi connectivity index (χ0n) is 19.4. The molecule has 184 valence electrons. The number of anilines is 1. The molecule has 0 spiro atoms. The molecule has 0 bridgehead atoms. The van der Waals surface area contributed by atoms with Gasteiger partial charge in [0.25, 0.3) is 0 Å². The van der Waals surface area contributed by atoms with Crippen molar-refractivity contribution in [3.05, 3.63) is 66.2 Å². The lowest BCUT2D eigenvalue weighted by atomic mass is 10.0. The molecular formula is C24H31Cl3N6O. The number of benzene rings is 1. The lowest BCUT2D eigenvalue weighted by molar-refractivity contribution is 0.271. The minimum Gasteiger partial charge on any atom is -0.394 e. The SMILES string of the molecule is CC[C@H](CO)Nc1nc(Cc2ccc(-c3ccccn3)cc2)c2ncn(C(C)C)c2n1.Cl.Cl.Cl. The molecule has 2 N–H and O–H groups in total. The van der Waals surface area contributed by atoms with Crippen molar-refractivity contribution in [3.63, 3.8) is 0 Å². The number of aromatic nitrogens is 5. The van der Waals surface area contributed by atoms with Crippen molar-refractivity contribution in [2.75, 3.05) is 11.9 Å². The second-order valence-electron chi connectivity index (χ2n) is 7.93. The molecule has 3 aromatic heterocycles. The molecule has 10 heteroatoms. The van der Waals surface area contributed by atoms with Gasteiger partial charge in [0.05, 0.1) is 30.4 Å². The number of aliphatic hydroxyl groups excluding tert-OH is 1. The average Bonchev–Trinajstić information content (AvgIpc) is 3.23. The molecule has 4 rings (SSSR count). The van der Waals surface area contributed by atoms with Crippen molar-refractivity contribution in [2.24, 2.45) is 0 Å². The van der Waals surface area contributed by atoms with Gasteiger partial charge in [0.15, 0.2) is 5.65 Å². The molecule has 0 aliphatic heterocycles. The van der Waals surface area contributed by atoms with Crippen molar-refractivity contribution in [3.8, 4) is 11.3 Å². The first-order valence-electron chi connectivity index (χ1n) is 10.7. The highest BCUT2D eigenvalue weighted by Crippen LogP contribution is 2.24. The molecular weight excluding hydrogens is 495 g/mol. The van der Waals surface area contributed by atoms with Gasteiger partial charge in [0, 0.05) is 24.2 Å². The van der Waals surface area contributed by atoms with Crippen LogP contribution in [0.15, 0.2) is 55.0 Å². The van der Waals surface area contributed by atoms with E-state index >= 15 is 0 Å². The molecule has 0 unspecified atom stereocenters. The van der Waals surface area contributed by atoms with Crippen LogP contribution in [0.3, 0.4) is 0 Å². The third kappa shape index (κ3) is 6.57. The fourth-order valence-corrected chi connectivity index (χ4v) is 3.52. The number of hydrogen-bond acceptors (Lipinski definition) is 6. The third-order valence-electron chi connectivity index (χ3n) is 5.38.